The Hall–Kier alpha value is -2.80. The number of hydrogen-bond acceptors (Lipinski definition) is 5. The van der Waals surface area contributed by atoms with Gasteiger partial charge in [-0.2, -0.15) is 0 Å². The number of carbonyl (C=O) groups excluding carboxylic acids is 1. The summed E-state index contributed by atoms with van der Waals surface area (Å²) in [6.07, 6.45) is 4.61. The van der Waals surface area contributed by atoms with Crippen molar-refractivity contribution in [2.45, 2.75) is 37.8 Å². The van der Waals surface area contributed by atoms with E-state index in [4.69, 9.17) is 4.74 Å². The minimum atomic E-state index is 0.177. The second-order valence-corrected chi connectivity index (χ2v) is 8.73. The average molecular weight is 437 g/mol. The van der Waals surface area contributed by atoms with Crippen molar-refractivity contribution in [2.75, 3.05) is 26.0 Å². The van der Waals surface area contributed by atoms with Crippen LogP contribution in [0, 0.1) is 6.92 Å². The highest BCUT2D eigenvalue weighted by atomic mass is 32.2. The summed E-state index contributed by atoms with van der Waals surface area (Å²) in [5.41, 5.74) is 3.11. The quantitative estimate of drug-likeness (QED) is 0.522. The molecule has 0 atom stereocenters. The van der Waals surface area contributed by atoms with Gasteiger partial charge in [-0.05, 0) is 56.2 Å². The zero-order chi connectivity index (χ0) is 21.6. The van der Waals surface area contributed by atoms with Crippen molar-refractivity contribution in [1.29, 1.82) is 0 Å². The van der Waals surface area contributed by atoms with E-state index in [1.54, 1.807) is 7.11 Å². The lowest BCUT2D eigenvalue weighted by Gasteiger charge is -2.20. The highest BCUT2D eigenvalue weighted by Gasteiger charge is 2.20. The number of benzene rings is 2. The summed E-state index contributed by atoms with van der Waals surface area (Å²) in [6, 6.07) is 16.1. The number of nitrogens with zero attached hydrogens (tertiary/aromatic N) is 4. The SMILES string of the molecule is COc1ccc(-c2nnc(SCC(=O)N3CCCCCC3)n2-c2ccc(C)cc2)cc1. The fourth-order valence-electron chi connectivity index (χ4n) is 3.75. The molecule has 0 bridgehead atoms. The second-order valence-electron chi connectivity index (χ2n) is 7.79. The smallest absolute Gasteiger partial charge is 0.233 e. The van der Waals surface area contributed by atoms with Crippen molar-refractivity contribution in [3.63, 3.8) is 0 Å². The average Bonchev–Trinajstić information content (AvgIpc) is 3.02. The van der Waals surface area contributed by atoms with Crippen LogP contribution in [0.15, 0.2) is 53.7 Å². The van der Waals surface area contributed by atoms with Gasteiger partial charge in [-0.3, -0.25) is 9.36 Å². The molecule has 3 aromatic rings. The lowest BCUT2D eigenvalue weighted by atomic mass is 10.2. The van der Waals surface area contributed by atoms with Crippen molar-refractivity contribution in [1.82, 2.24) is 19.7 Å². The van der Waals surface area contributed by atoms with Gasteiger partial charge in [0.2, 0.25) is 5.91 Å². The van der Waals surface area contributed by atoms with Crippen LogP contribution in [0.3, 0.4) is 0 Å². The van der Waals surface area contributed by atoms with Gasteiger partial charge in [0, 0.05) is 24.3 Å². The largest absolute Gasteiger partial charge is 0.497 e. The second kappa shape index (κ2) is 10.0. The van der Waals surface area contributed by atoms with Crippen LogP contribution in [-0.4, -0.2) is 51.5 Å². The van der Waals surface area contributed by atoms with Crippen LogP contribution in [-0.2, 0) is 4.79 Å². The first-order valence-corrected chi connectivity index (χ1v) is 11.7. The van der Waals surface area contributed by atoms with Crippen LogP contribution >= 0.6 is 11.8 Å². The van der Waals surface area contributed by atoms with Gasteiger partial charge in [0.05, 0.1) is 12.9 Å². The summed E-state index contributed by atoms with van der Waals surface area (Å²) >= 11 is 1.45. The van der Waals surface area contributed by atoms with E-state index in [9.17, 15) is 4.79 Å². The first-order valence-electron chi connectivity index (χ1n) is 10.7. The lowest BCUT2D eigenvalue weighted by Crippen LogP contribution is -2.33. The Morgan fingerprint density at radius 3 is 2.29 bits per heavy atom. The summed E-state index contributed by atoms with van der Waals surface area (Å²) < 4.78 is 7.31. The molecule has 4 rings (SSSR count). The predicted octanol–water partition coefficient (Wildman–Crippen LogP) is 4.75. The van der Waals surface area contributed by atoms with E-state index in [0.29, 0.717) is 5.75 Å². The van der Waals surface area contributed by atoms with E-state index in [2.05, 4.69) is 41.4 Å². The van der Waals surface area contributed by atoms with Crippen LogP contribution in [0.2, 0.25) is 0 Å². The number of ether oxygens (including phenoxy) is 1. The van der Waals surface area contributed by atoms with E-state index in [0.717, 1.165) is 53.9 Å². The number of aromatic nitrogens is 3. The first kappa shape index (κ1) is 21.4. The van der Waals surface area contributed by atoms with Crippen molar-refractivity contribution in [3.8, 4) is 22.8 Å². The standard InChI is InChI=1S/C24H28N4O2S/c1-18-7-11-20(12-8-18)28-23(19-9-13-21(30-2)14-10-19)25-26-24(28)31-17-22(29)27-15-5-3-4-6-16-27/h7-14H,3-6,15-17H2,1-2H3. The van der Waals surface area contributed by atoms with Gasteiger partial charge >= 0.3 is 0 Å². The first-order chi connectivity index (χ1) is 15.2. The predicted molar refractivity (Wildman–Crippen MR) is 124 cm³/mol. The van der Waals surface area contributed by atoms with Crippen LogP contribution in [0.4, 0.5) is 0 Å². The highest BCUT2D eigenvalue weighted by molar-refractivity contribution is 7.99. The Morgan fingerprint density at radius 2 is 1.65 bits per heavy atom. The van der Waals surface area contributed by atoms with Crippen LogP contribution in [0.1, 0.15) is 31.2 Å². The summed E-state index contributed by atoms with van der Waals surface area (Å²) in [6.45, 7) is 3.79. The number of hydrogen-bond donors (Lipinski definition) is 0. The molecule has 7 heteroatoms. The number of aryl methyl sites for hydroxylation is 1. The van der Waals surface area contributed by atoms with E-state index >= 15 is 0 Å². The molecule has 6 nitrogen and oxygen atoms in total. The minimum absolute atomic E-state index is 0.177. The van der Waals surface area contributed by atoms with Gasteiger partial charge in [-0.1, -0.05) is 42.3 Å². The number of rotatable bonds is 6. The summed E-state index contributed by atoms with van der Waals surface area (Å²) in [5, 5.41) is 9.64. The lowest BCUT2D eigenvalue weighted by molar-refractivity contribution is -0.128. The number of amides is 1. The van der Waals surface area contributed by atoms with Crippen molar-refractivity contribution >= 4 is 17.7 Å². The van der Waals surface area contributed by atoms with Gasteiger partial charge in [-0.15, -0.1) is 10.2 Å². The maximum Gasteiger partial charge on any atom is 0.233 e. The minimum Gasteiger partial charge on any atom is -0.497 e. The molecule has 0 radical (unpaired) electrons. The zero-order valence-electron chi connectivity index (χ0n) is 18.1. The van der Waals surface area contributed by atoms with Crippen LogP contribution in [0.25, 0.3) is 17.1 Å². The molecule has 0 saturated carbocycles. The Morgan fingerprint density at radius 1 is 0.968 bits per heavy atom. The summed E-state index contributed by atoms with van der Waals surface area (Å²) in [4.78, 5) is 14.8. The Labute approximate surface area is 187 Å². The van der Waals surface area contributed by atoms with Crippen molar-refractivity contribution in [3.05, 3.63) is 54.1 Å². The number of likely N-dealkylation sites (tertiary alicyclic amines) is 1. The van der Waals surface area contributed by atoms with Gasteiger partial charge in [0.25, 0.3) is 0 Å². The zero-order valence-corrected chi connectivity index (χ0v) is 18.9. The molecule has 1 amide bonds. The van der Waals surface area contributed by atoms with Gasteiger partial charge in [0.1, 0.15) is 5.75 Å². The van der Waals surface area contributed by atoms with Gasteiger partial charge in [0.15, 0.2) is 11.0 Å². The van der Waals surface area contributed by atoms with Crippen LogP contribution in [0.5, 0.6) is 5.75 Å². The van der Waals surface area contributed by atoms with E-state index in [1.807, 2.05) is 33.7 Å². The summed E-state index contributed by atoms with van der Waals surface area (Å²) in [7, 11) is 1.65. The molecule has 0 N–H and O–H groups in total. The van der Waals surface area contributed by atoms with Crippen molar-refractivity contribution in [2.24, 2.45) is 0 Å². The third kappa shape index (κ3) is 5.10. The molecular formula is C24H28N4O2S. The molecule has 1 saturated heterocycles. The molecule has 162 valence electrons. The Bertz CT molecular complexity index is 1010. The van der Waals surface area contributed by atoms with Crippen LogP contribution < -0.4 is 4.74 Å². The number of methoxy groups -OCH3 is 1. The van der Waals surface area contributed by atoms with Gasteiger partial charge in [-0.25, -0.2) is 0 Å². The van der Waals surface area contributed by atoms with E-state index < -0.39 is 0 Å². The number of carbonyl (C=O) groups is 1. The molecular weight excluding hydrogens is 408 g/mol. The molecule has 2 heterocycles. The molecule has 31 heavy (non-hydrogen) atoms. The fraction of sp³-hybridized carbons (Fsp3) is 0.375. The molecule has 2 aromatic carbocycles. The maximum atomic E-state index is 12.8. The molecule has 1 aliphatic heterocycles. The highest BCUT2D eigenvalue weighted by Crippen LogP contribution is 2.29. The molecule has 1 aliphatic rings. The maximum absolute atomic E-state index is 12.8. The van der Waals surface area contributed by atoms with E-state index in [-0.39, 0.29) is 5.91 Å². The third-order valence-corrected chi connectivity index (χ3v) is 6.47. The van der Waals surface area contributed by atoms with Gasteiger partial charge < -0.3 is 9.64 Å². The van der Waals surface area contributed by atoms with E-state index in [1.165, 1.54) is 30.2 Å². The molecule has 1 aromatic heterocycles. The fourth-order valence-corrected chi connectivity index (χ4v) is 4.61. The molecule has 0 unspecified atom stereocenters. The Balaban J connectivity index is 1.61. The molecule has 0 aliphatic carbocycles. The monoisotopic (exact) mass is 436 g/mol. The Kier molecular flexibility index (Phi) is 6.92. The topological polar surface area (TPSA) is 60.3 Å². The molecule has 0 spiro atoms. The third-order valence-electron chi connectivity index (χ3n) is 5.56. The normalized spacial score (nSPS) is 14.3. The van der Waals surface area contributed by atoms with Crippen molar-refractivity contribution < 1.29 is 9.53 Å². The number of thioether (sulfide) groups is 1. The summed E-state index contributed by atoms with van der Waals surface area (Å²) in [5.74, 6) is 2.09. The molecule has 1 fully saturated rings.